The number of rotatable bonds is 5. The third-order valence-corrected chi connectivity index (χ3v) is 5.84. The Morgan fingerprint density at radius 1 is 1.04 bits per heavy atom. The fourth-order valence-electron chi connectivity index (χ4n) is 2.35. The Hall–Kier alpha value is -1.86. The van der Waals surface area contributed by atoms with Crippen LogP contribution in [0.2, 0.25) is 0 Å². The summed E-state index contributed by atoms with van der Waals surface area (Å²) in [6.45, 7) is 7.14. The van der Waals surface area contributed by atoms with Gasteiger partial charge in [-0.2, -0.15) is 0 Å². The van der Waals surface area contributed by atoms with Gasteiger partial charge in [-0.15, -0.1) is 0 Å². The number of carbonyl (C=O) groups is 1. The Morgan fingerprint density at radius 3 is 2.08 bits per heavy atom. The van der Waals surface area contributed by atoms with E-state index < -0.39 is 15.6 Å². The van der Waals surface area contributed by atoms with Gasteiger partial charge < -0.3 is 5.32 Å². The molecule has 0 aliphatic heterocycles. The van der Waals surface area contributed by atoms with Crippen LogP contribution in [0, 0.1) is 6.92 Å². The van der Waals surface area contributed by atoms with Crippen LogP contribution in [-0.2, 0) is 14.8 Å². The van der Waals surface area contributed by atoms with Crippen LogP contribution in [0.5, 0.6) is 0 Å². The van der Waals surface area contributed by atoms with E-state index in [1.807, 2.05) is 27.7 Å². The molecule has 140 valence electrons. The van der Waals surface area contributed by atoms with Crippen molar-refractivity contribution in [3.63, 3.8) is 0 Å². The molecule has 5 nitrogen and oxygen atoms in total. The summed E-state index contributed by atoms with van der Waals surface area (Å²) in [7, 11) is -3.88. The molecule has 1 amide bonds. The molecule has 0 bridgehead atoms. The molecule has 0 aliphatic rings. The molecule has 2 aromatic rings. The second-order valence-electron chi connectivity index (χ2n) is 7.10. The van der Waals surface area contributed by atoms with Gasteiger partial charge in [0.25, 0.3) is 10.0 Å². The number of aryl methyl sites for hydroxylation is 1. The van der Waals surface area contributed by atoms with Gasteiger partial charge in [-0.3, -0.25) is 9.10 Å². The highest BCUT2D eigenvalue weighted by Gasteiger charge is 2.28. The summed E-state index contributed by atoms with van der Waals surface area (Å²) in [5.41, 5.74) is 0.943. The molecule has 1 N–H and O–H groups in total. The van der Waals surface area contributed by atoms with E-state index in [9.17, 15) is 13.2 Å². The minimum Gasteiger partial charge on any atom is -0.350 e. The summed E-state index contributed by atoms with van der Waals surface area (Å²) in [5, 5.41) is 2.81. The normalized spacial score (nSPS) is 11.9. The van der Waals surface area contributed by atoms with Crippen LogP contribution < -0.4 is 9.62 Å². The molecule has 0 fully saturated rings. The average molecular weight is 439 g/mol. The lowest BCUT2D eigenvalue weighted by Gasteiger charge is -2.27. The lowest BCUT2D eigenvalue weighted by molar-refractivity contribution is -0.121. The van der Waals surface area contributed by atoms with E-state index in [-0.39, 0.29) is 17.3 Å². The molecule has 0 atom stereocenters. The molecule has 0 aliphatic carbocycles. The van der Waals surface area contributed by atoms with Crippen LogP contribution in [0.4, 0.5) is 5.69 Å². The van der Waals surface area contributed by atoms with E-state index in [0.717, 1.165) is 14.3 Å². The Morgan fingerprint density at radius 2 is 1.58 bits per heavy atom. The Kier molecular flexibility index (Phi) is 6.13. The van der Waals surface area contributed by atoms with Crippen molar-refractivity contribution in [3.05, 3.63) is 58.6 Å². The number of sulfonamides is 1. The van der Waals surface area contributed by atoms with Gasteiger partial charge in [-0.25, -0.2) is 8.42 Å². The Bertz CT molecular complexity index is 870. The maximum Gasteiger partial charge on any atom is 0.264 e. The molecule has 26 heavy (non-hydrogen) atoms. The summed E-state index contributed by atoms with van der Waals surface area (Å²) < 4.78 is 28.3. The van der Waals surface area contributed by atoms with Crippen LogP contribution in [0.3, 0.4) is 0 Å². The topological polar surface area (TPSA) is 66.5 Å². The molecular weight excluding hydrogens is 416 g/mol. The van der Waals surface area contributed by atoms with Crippen LogP contribution in [0.15, 0.2) is 57.9 Å². The molecule has 0 saturated heterocycles. The van der Waals surface area contributed by atoms with Crippen molar-refractivity contribution in [3.8, 4) is 0 Å². The maximum absolute atomic E-state index is 13.2. The van der Waals surface area contributed by atoms with E-state index >= 15 is 0 Å². The maximum atomic E-state index is 13.2. The highest BCUT2D eigenvalue weighted by molar-refractivity contribution is 9.10. The van der Waals surface area contributed by atoms with Crippen molar-refractivity contribution in [2.75, 3.05) is 10.8 Å². The number of benzene rings is 2. The first-order valence-corrected chi connectivity index (χ1v) is 10.4. The fourth-order valence-corrected chi connectivity index (χ4v) is 4.03. The smallest absolute Gasteiger partial charge is 0.264 e. The first kappa shape index (κ1) is 20.5. The van der Waals surface area contributed by atoms with Crippen LogP contribution in [0.1, 0.15) is 26.3 Å². The quantitative estimate of drug-likeness (QED) is 0.770. The number of carbonyl (C=O) groups excluding carboxylic acids is 1. The molecule has 2 aromatic carbocycles. The van der Waals surface area contributed by atoms with Crippen LogP contribution >= 0.6 is 15.9 Å². The van der Waals surface area contributed by atoms with Gasteiger partial charge in [0.15, 0.2) is 0 Å². The largest absolute Gasteiger partial charge is 0.350 e. The van der Waals surface area contributed by atoms with Gasteiger partial charge in [0.1, 0.15) is 6.54 Å². The Labute approximate surface area is 163 Å². The molecule has 7 heteroatoms. The van der Waals surface area contributed by atoms with Gasteiger partial charge in [0, 0.05) is 10.0 Å². The zero-order valence-electron chi connectivity index (χ0n) is 15.3. The first-order valence-electron chi connectivity index (χ1n) is 8.15. The Balaban J connectivity index is 2.44. The number of nitrogens with zero attached hydrogens (tertiary/aromatic N) is 1. The minimum atomic E-state index is -3.88. The zero-order chi connectivity index (χ0) is 19.5. The van der Waals surface area contributed by atoms with E-state index in [4.69, 9.17) is 0 Å². The molecule has 2 rings (SSSR count). The van der Waals surface area contributed by atoms with E-state index in [1.54, 1.807) is 48.5 Å². The van der Waals surface area contributed by atoms with Crippen LogP contribution in [0.25, 0.3) is 0 Å². The lowest BCUT2D eigenvalue weighted by atomic mass is 10.1. The van der Waals surface area contributed by atoms with Gasteiger partial charge in [0.05, 0.1) is 10.6 Å². The van der Waals surface area contributed by atoms with E-state index in [2.05, 4.69) is 21.2 Å². The second kappa shape index (κ2) is 7.80. The monoisotopic (exact) mass is 438 g/mol. The van der Waals surface area contributed by atoms with Gasteiger partial charge in [0.2, 0.25) is 5.91 Å². The first-order chi connectivity index (χ1) is 12.0. The van der Waals surface area contributed by atoms with Crippen LogP contribution in [-0.4, -0.2) is 26.4 Å². The molecule has 0 saturated carbocycles. The highest BCUT2D eigenvalue weighted by atomic mass is 79.9. The highest BCUT2D eigenvalue weighted by Crippen LogP contribution is 2.25. The van der Waals surface area contributed by atoms with Crippen molar-refractivity contribution >= 4 is 37.5 Å². The number of amides is 1. The van der Waals surface area contributed by atoms with Gasteiger partial charge >= 0.3 is 0 Å². The molecular formula is C19H23BrN2O3S. The zero-order valence-corrected chi connectivity index (χ0v) is 17.7. The van der Waals surface area contributed by atoms with Crippen molar-refractivity contribution in [2.24, 2.45) is 0 Å². The summed E-state index contributed by atoms with van der Waals surface area (Å²) in [4.78, 5) is 12.6. The third kappa shape index (κ3) is 5.32. The fraction of sp³-hybridized carbons (Fsp3) is 0.316. The molecule has 0 spiro atoms. The van der Waals surface area contributed by atoms with Crippen molar-refractivity contribution in [2.45, 2.75) is 38.1 Å². The lowest BCUT2D eigenvalue weighted by Crippen LogP contribution is -2.47. The predicted molar refractivity (Wildman–Crippen MR) is 108 cm³/mol. The number of anilines is 1. The molecule has 0 unspecified atom stereocenters. The molecule has 0 heterocycles. The van der Waals surface area contributed by atoms with Gasteiger partial charge in [-0.1, -0.05) is 33.6 Å². The summed E-state index contributed by atoms with van der Waals surface area (Å²) >= 11 is 3.34. The second-order valence-corrected chi connectivity index (χ2v) is 9.88. The molecule has 0 aromatic heterocycles. The summed E-state index contributed by atoms with van der Waals surface area (Å²) in [6.07, 6.45) is 0. The number of hydrogen-bond donors (Lipinski definition) is 1. The standard InChI is InChI=1S/C19H23BrN2O3S/c1-14-5-11-17(12-6-14)26(24,25)22(13-18(23)21-19(2,3)4)16-9-7-15(20)8-10-16/h5-12H,13H2,1-4H3,(H,21,23). The van der Waals surface area contributed by atoms with Gasteiger partial charge in [-0.05, 0) is 64.1 Å². The minimum absolute atomic E-state index is 0.148. The average Bonchev–Trinajstić information content (AvgIpc) is 2.52. The van der Waals surface area contributed by atoms with E-state index in [0.29, 0.717) is 5.69 Å². The molecule has 0 radical (unpaired) electrons. The predicted octanol–water partition coefficient (Wildman–Crippen LogP) is 3.87. The summed E-state index contributed by atoms with van der Waals surface area (Å²) in [5.74, 6) is -0.365. The van der Waals surface area contributed by atoms with Crippen molar-refractivity contribution in [1.29, 1.82) is 0 Å². The number of nitrogens with one attached hydrogen (secondary N) is 1. The van der Waals surface area contributed by atoms with Crippen molar-refractivity contribution in [1.82, 2.24) is 5.32 Å². The third-order valence-electron chi connectivity index (χ3n) is 3.53. The van der Waals surface area contributed by atoms with Crippen molar-refractivity contribution < 1.29 is 13.2 Å². The number of hydrogen-bond acceptors (Lipinski definition) is 3. The number of halogens is 1. The van der Waals surface area contributed by atoms with E-state index in [1.165, 1.54) is 0 Å². The summed E-state index contributed by atoms with van der Waals surface area (Å²) in [6, 6.07) is 13.4. The SMILES string of the molecule is Cc1ccc(S(=O)(=O)N(CC(=O)NC(C)(C)C)c2ccc(Br)cc2)cc1.